The molecule has 31 heavy (non-hydrogen) atoms. The highest BCUT2D eigenvalue weighted by Crippen LogP contribution is 2.33. The van der Waals surface area contributed by atoms with Crippen molar-refractivity contribution in [3.05, 3.63) is 77.4 Å². The minimum atomic E-state index is 0.565. The van der Waals surface area contributed by atoms with E-state index in [9.17, 15) is 0 Å². The van der Waals surface area contributed by atoms with Gasteiger partial charge in [0.15, 0.2) is 5.65 Å². The maximum Gasteiger partial charge on any atom is 0.165 e. The smallest absolute Gasteiger partial charge is 0.165 e. The molecule has 5 rings (SSSR count). The van der Waals surface area contributed by atoms with Gasteiger partial charge in [-0.25, -0.2) is 9.67 Å². The van der Waals surface area contributed by atoms with Gasteiger partial charge in [-0.1, -0.05) is 74.0 Å². The maximum atomic E-state index is 6.73. The molecule has 1 saturated heterocycles. The fraction of sp³-hybridized carbons (Fsp3) is 0.308. The van der Waals surface area contributed by atoms with Crippen molar-refractivity contribution in [2.75, 3.05) is 13.1 Å². The van der Waals surface area contributed by atoms with Gasteiger partial charge in [-0.15, -0.1) is 0 Å². The molecule has 0 aliphatic carbocycles. The van der Waals surface area contributed by atoms with Crippen molar-refractivity contribution in [3.8, 4) is 16.9 Å². The third-order valence-corrected chi connectivity index (χ3v) is 6.40. The molecule has 0 unspecified atom stereocenters. The van der Waals surface area contributed by atoms with E-state index in [0.717, 1.165) is 53.2 Å². The van der Waals surface area contributed by atoms with Gasteiger partial charge in [-0.05, 0) is 36.5 Å². The van der Waals surface area contributed by atoms with Crippen molar-refractivity contribution >= 4 is 22.6 Å². The van der Waals surface area contributed by atoms with Crippen LogP contribution in [0.3, 0.4) is 0 Å². The van der Waals surface area contributed by atoms with Crippen molar-refractivity contribution in [1.82, 2.24) is 19.7 Å². The Morgan fingerprint density at radius 2 is 1.58 bits per heavy atom. The average molecular weight is 431 g/mol. The predicted octanol–water partition coefficient (Wildman–Crippen LogP) is 6.22. The Morgan fingerprint density at radius 1 is 0.935 bits per heavy atom. The number of hydrogen-bond donors (Lipinski definition) is 0. The van der Waals surface area contributed by atoms with Crippen LogP contribution in [0.25, 0.3) is 28.0 Å². The number of nitrogens with zero attached hydrogens (tertiary/aromatic N) is 4. The molecular weight excluding hydrogens is 404 g/mol. The fourth-order valence-electron chi connectivity index (χ4n) is 4.89. The number of halogens is 1. The summed E-state index contributed by atoms with van der Waals surface area (Å²) in [5, 5.41) is 6.56. The first kappa shape index (κ1) is 20.2. The average Bonchev–Trinajstić information content (AvgIpc) is 3.13. The Hall–Kier alpha value is -2.69. The maximum absolute atomic E-state index is 6.73. The summed E-state index contributed by atoms with van der Waals surface area (Å²) < 4.78 is 1.90. The minimum Gasteiger partial charge on any atom is -0.298 e. The number of pyridine rings is 1. The standard InChI is InChI=1S/C26H27ClN4/c1-18-13-19(2)16-30(15-18)17-21-14-23-24(20-9-5-3-6-10-20)29-31(26(23)28-25(21)27)22-11-7-4-8-12-22/h3-12,14,18-19H,13,15-17H2,1-2H3/t18-,19+. The van der Waals surface area contributed by atoms with Crippen molar-refractivity contribution in [2.45, 2.75) is 26.8 Å². The molecule has 0 N–H and O–H groups in total. The Bertz CT molecular complexity index is 1180. The lowest BCUT2D eigenvalue weighted by Crippen LogP contribution is -2.38. The summed E-state index contributed by atoms with van der Waals surface area (Å²) in [5.41, 5.74) is 4.85. The molecule has 2 aromatic heterocycles. The molecular formula is C26H27ClN4. The number of fused-ring (bicyclic) bond motifs is 1. The van der Waals surface area contributed by atoms with Gasteiger partial charge < -0.3 is 0 Å². The van der Waals surface area contributed by atoms with Crippen LogP contribution in [0.15, 0.2) is 66.7 Å². The van der Waals surface area contributed by atoms with Crippen molar-refractivity contribution in [1.29, 1.82) is 0 Å². The van der Waals surface area contributed by atoms with E-state index in [1.165, 1.54) is 6.42 Å². The number of hydrogen-bond acceptors (Lipinski definition) is 3. The topological polar surface area (TPSA) is 34.0 Å². The Kier molecular flexibility index (Phi) is 5.51. The quantitative estimate of drug-likeness (QED) is 0.360. The molecule has 4 nitrogen and oxygen atoms in total. The Labute approximate surface area is 188 Å². The van der Waals surface area contributed by atoms with Gasteiger partial charge in [0, 0.05) is 36.1 Å². The molecule has 5 heteroatoms. The highest BCUT2D eigenvalue weighted by molar-refractivity contribution is 6.30. The second-order valence-electron chi connectivity index (χ2n) is 8.91. The molecule has 0 spiro atoms. The van der Waals surface area contributed by atoms with Crippen LogP contribution < -0.4 is 0 Å². The molecule has 0 radical (unpaired) electrons. The van der Waals surface area contributed by atoms with Crippen LogP contribution in [0.4, 0.5) is 0 Å². The fourth-order valence-corrected chi connectivity index (χ4v) is 5.09. The summed E-state index contributed by atoms with van der Waals surface area (Å²) in [5.74, 6) is 1.42. The van der Waals surface area contributed by atoms with Gasteiger partial charge >= 0.3 is 0 Å². The monoisotopic (exact) mass is 430 g/mol. The number of likely N-dealkylation sites (tertiary alicyclic amines) is 1. The van der Waals surface area contributed by atoms with Gasteiger partial charge in [-0.3, -0.25) is 4.90 Å². The molecule has 3 heterocycles. The van der Waals surface area contributed by atoms with Crippen LogP contribution in [0, 0.1) is 11.8 Å². The van der Waals surface area contributed by atoms with E-state index >= 15 is 0 Å². The molecule has 158 valence electrons. The molecule has 0 amide bonds. The summed E-state index contributed by atoms with van der Waals surface area (Å²) in [6, 6.07) is 22.6. The summed E-state index contributed by atoms with van der Waals surface area (Å²) in [6.45, 7) is 7.70. The zero-order valence-electron chi connectivity index (χ0n) is 18.0. The summed E-state index contributed by atoms with van der Waals surface area (Å²) in [7, 11) is 0. The van der Waals surface area contributed by atoms with E-state index in [0.29, 0.717) is 17.0 Å². The number of aromatic nitrogens is 3. The van der Waals surface area contributed by atoms with Gasteiger partial charge in [0.2, 0.25) is 0 Å². The second kappa shape index (κ2) is 8.45. The molecule has 2 aromatic carbocycles. The van der Waals surface area contributed by atoms with E-state index < -0.39 is 0 Å². The molecule has 0 saturated carbocycles. The van der Waals surface area contributed by atoms with Crippen molar-refractivity contribution in [2.24, 2.45) is 11.8 Å². The van der Waals surface area contributed by atoms with Gasteiger partial charge in [0.05, 0.1) is 5.69 Å². The molecule has 1 aliphatic rings. The SMILES string of the molecule is C[C@@H]1C[C@H](C)CN(Cc2cc3c(-c4ccccc4)nn(-c4ccccc4)c3nc2Cl)C1. The summed E-state index contributed by atoms with van der Waals surface area (Å²) >= 11 is 6.73. The highest BCUT2D eigenvalue weighted by Gasteiger charge is 2.24. The lowest BCUT2D eigenvalue weighted by molar-refractivity contribution is 0.134. The van der Waals surface area contributed by atoms with E-state index in [1.54, 1.807) is 0 Å². The Balaban J connectivity index is 1.63. The number of para-hydroxylation sites is 1. The summed E-state index contributed by atoms with van der Waals surface area (Å²) in [6.07, 6.45) is 1.30. The van der Waals surface area contributed by atoms with Crippen LogP contribution in [-0.2, 0) is 6.54 Å². The lowest BCUT2D eigenvalue weighted by Gasteiger charge is -2.35. The lowest BCUT2D eigenvalue weighted by atomic mass is 9.91. The van der Waals surface area contributed by atoms with Gasteiger partial charge in [-0.2, -0.15) is 5.10 Å². The Morgan fingerprint density at radius 3 is 2.26 bits per heavy atom. The first-order valence-corrected chi connectivity index (χ1v) is 11.4. The molecule has 2 atom stereocenters. The zero-order valence-corrected chi connectivity index (χ0v) is 18.8. The van der Waals surface area contributed by atoms with Gasteiger partial charge in [0.1, 0.15) is 10.8 Å². The summed E-state index contributed by atoms with van der Waals surface area (Å²) in [4.78, 5) is 7.35. The molecule has 4 aromatic rings. The molecule has 0 bridgehead atoms. The second-order valence-corrected chi connectivity index (χ2v) is 9.27. The molecule has 1 aliphatic heterocycles. The van der Waals surface area contributed by atoms with Crippen LogP contribution in [-0.4, -0.2) is 32.8 Å². The van der Waals surface area contributed by atoms with Crippen molar-refractivity contribution < 1.29 is 0 Å². The van der Waals surface area contributed by atoms with Crippen LogP contribution in [0.2, 0.25) is 5.15 Å². The van der Waals surface area contributed by atoms with E-state index in [4.69, 9.17) is 21.7 Å². The van der Waals surface area contributed by atoms with E-state index in [-0.39, 0.29) is 0 Å². The third kappa shape index (κ3) is 4.10. The highest BCUT2D eigenvalue weighted by atomic mass is 35.5. The first-order chi connectivity index (χ1) is 15.1. The molecule has 1 fully saturated rings. The first-order valence-electron chi connectivity index (χ1n) is 11.0. The largest absolute Gasteiger partial charge is 0.298 e. The zero-order chi connectivity index (χ0) is 21.4. The number of piperidine rings is 1. The van der Waals surface area contributed by atoms with Crippen LogP contribution >= 0.6 is 11.6 Å². The van der Waals surface area contributed by atoms with E-state index in [1.807, 2.05) is 53.2 Å². The van der Waals surface area contributed by atoms with E-state index in [2.05, 4.69) is 36.9 Å². The number of rotatable bonds is 4. The van der Waals surface area contributed by atoms with Crippen LogP contribution in [0.5, 0.6) is 0 Å². The van der Waals surface area contributed by atoms with Crippen LogP contribution in [0.1, 0.15) is 25.8 Å². The van der Waals surface area contributed by atoms with Crippen molar-refractivity contribution in [3.63, 3.8) is 0 Å². The number of benzene rings is 2. The third-order valence-electron chi connectivity index (χ3n) is 6.07. The minimum absolute atomic E-state index is 0.565. The van der Waals surface area contributed by atoms with Gasteiger partial charge in [0.25, 0.3) is 0 Å². The predicted molar refractivity (Wildman–Crippen MR) is 128 cm³/mol. The normalized spacial score (nSPS) is 19.7.